The highest BCUT2D eigenvalue weighted by atomic mass is 16.6. The Morgan fingerprint density at radius 1 is 1.09 bits per heavy atom. The molecule has 1 aromatic rings. The predicted octanol–water partition coefficient (Wildman–Crippen LogP) is 4.14. The molecule has 2 heterocycles. The summed E-state index contributed by atoms with van der Waals surface area (Å²) < 4.78 is 22.8. The summed E-state index contributed by atoms with van der Waals surface area (Å²) in [6, 6.07) is 5.24. The molecule has 4 amide bonds. The van der Waals surface area contributed by atoms with E-state index in [4.69, 9.17) is 18.9 Å². The van der Waals surface area contributed by atoms with Gasteiger partial charge in [0.05, 0.1) is 30.7 Å². The third-order valence-corrected chi connectivity index (χ3v) is 8.23. The Hall–Kier alpha value is -3.38. The number of carbonyl (C=O) groups excluding carboxylic acids is 4. The molecule has 46 heavy (non-hydrogen) atoms. The number of ether oxygens (including phenoxy) is 4. The van der Waals surface area contributed by atoms with E-state index in [1.807, 2.05) is 32.9 Å². The maximum absolute atomic E-state index is 14.5. The lowest BCUT2D eigenvalue weighted by atomic mass is 9.87. The van der Waals surface area contributed by atoms with Crippen LogP contribution in [-0.4, -0.2) is 98.1 Å². The van der Waals surface area contributed by atoms with Crippen molar-refractivity contribution in [2.24, 2.45) is 11.8 Å². The first-order valence-electron chi connectivity index (χ1n) is 16.6. The summed E-state index contributed by atoms with van der Waals surface area (Å²) in [6.45, 7) is 16.9. The first-order chi connectivity index (χ1) is 21.6. The zero-order valence-electron chi connectivity index (χ0n) is 28.7. The number of hydrogen-bond acceptors (Lipinski definition) is 8. The largest absolute Gasteiger partial charge is 0.476 e. The van der Waals surface area contributed by atoms with E-state index in [1.165, 1.54) is 4.90 Å². The van der Waals surface area contributed by atoms with Gasteiger partial charge >= 0.3 is 6.09 Å². The number of rotatable bonds is 12. The van der Waals surface area contributed by atoms with E-state index < -0.39 is 29.1 Å². The summed E-state index contributed by atoms with van der Waals surface area (Å²) in [5.74, 6) is -1.27. The fourth-order valence-electron chi connectivity index (χ4n) is 5.92. The molecule has 256 valence electrons. The number of likely N-dealkylation sites (tertiary alicyclic amines) is 1. The number of hydrogen-bond donors (Lipinski definition) is 1. The normalized spacial score (nSPS) is 21.6. The van der Waals surface area contributed by atoms with Gasteiger partial charge in [0.15, 0.2) is 5.60 Å². The minimum Gasteiger partial charge on any atom is -0.476 e. The van der Waals surface area contributed by atoms with Crippen molar-refractivity contribution in [3.05, 3.63) is 18.2 Å². The molecule has 0 aromatic heterocycles. The average Bonchev–Trinajstić information content (AvgIpc) is 3.82. The summed E-state index contributed by atoms with van der Waals surface area (Å²) >= 11 is 0. The zero-order valence-corrected chi connectivity index (χ0v) is 28.7. The number of fused-ring (bicyclic) bond motifs is 1. The van der Waals surface area contributed by atoms with Gasteiger partial charge in [-0.2, -0.15) is 0 Å². The molecule has 2 aliphatic heterocycles. The predicted molar refractivity (Wildman–Crippen MR) is 174 cm³/mol. The third-order valence-electron chi connectivity index (χ3n) is 8.23. The van der Waals surface area contributed by atoms with Crippen molar-refractivity contribution in [3.8, 4) is 5.75 Å². The smallest absolute Gasteiger partial charge is 0.410 e. The minimum atomic E-state index is -1.05. The van der Waals surface area contributed by atoms with E-state index in [0.717, 1.165) is 12.8 Å². The van der Waals surface area contributed by atoms with E-state index in [2.05, 4.69) is 5.32 Å². The Kier molecular flexibility index (Phi) is 11.2. The van der Waals surface area contributed by atoms with E-state index in [1.54, 1.807) is 50.5 Å². The Labute approximate surface area is 273 Å². The van der Waals surface area contributed by atoms with Crippen molar-refractivity contribution in [2.45, 2.75) is 97.9 Å². The van der Waals surface area contributed by atoms with Gasteiger partial charge in [-0.25, -0.2) is 4.79 Å². The molecule has 12 nitrogen and oxygen atoms in total. The second kappa shape index (κ2) is 14.6. The first kappa shape index (κ1) is 35.5. The lowest BCUT2D eigenvalue weighted by Gasteiger charge is -2.40. The van der Waals surface area contributed by atoms with Crippen LogP contribution in [0.2, 0.25) is 0 Å². The fraction of sp³-hybridized carbons (Fsp3) is 0.706. The summed E-state index contributed by atoms with van der Waals surface area (Å²) in [5.41, 5.74) is -0.553. The number of benzene rings is 1. The van der Waals surface area contributed by atoms with Crippen molar-refractivity contribution in [1.82, 2.24) is 10.2 Å². The van der Waals surface area contributed by atoms with E-state index in [0.29, 0.717) is 50.1 Å². The molecule has 2 fully saturated rings. The molecule has 3 atom stereocenters. The van der Waals surface area contributed by atoms with Crippen LogP contribution in [0.1, 0.15) is 74.7 Å². The summed E-state index contributed by atoms with van der Waals surface area (Å²) in [6.07, 6.45) is 1.40. The number of amides is 4. The molecular weight excluding hydrogens is 592 g/mol. The Bertz CT molecular complexity index is 1270. The van der Waals surface area contributed by atoms with E-state index in [-0.39, 0.29) is 49.3 Å². The molecule has 1 saturated carbocycles. The standard InChI is InChI=1S/C34H52N4O8/c1-9-43-16-15-37-27-18-26(13-14-28(27)45-34(7,8)31(37)41)38(25-11-12-25)30(40)24-17-23(29(39)35-22(3)21-44-10-2)19-36(20-24)32(42)46-33(4,5)6/h13-14,18,22-25H,9-12,15-17,19-21H2,1-8H3,(H,35,39)/t22-,23+,24-/m1/s1. The van der Waals surface area contributed by atoms with Crippen molar-refractivity contribution in [3.63, 3.8) is 0 Å². The second-order valence-electron chi connectivity index (χ2n) is 13.9. The molecule has 0 bridgehead atoms. The van der Waals surface area contributed by atoms with Crippen molar-refractivity contribution >= 4 is 35.2 Å². The van der Waals surface area contributed by atoms with Gasteiger partial charge in [-0.15, -0.1) is 0 Å². The highest BCUT2D eigenvalue weighted by molar-refractivity contribution is 6.04. The molecule has 3 aliphatic rings. The van der Waals surface area contributed by atoms with Crippen LogP contribution < -0.4 is 19.9 Å². The monoisotopic (exact) mass is 644 g/mol. The van der Waals surface area contributed by atoms with Crippen LogP contribution in [0.3, 0.4) is 0 Å². The van der Waals surface area contributed by atoms with Gasteiger partial charge in [0.1, 0.15) is 11.4 Å². The summed E-state index contributed by atoms with van der Waals surface area (Å²) in [5, 5.41) is 2.99. The van der Waals surface area contributed by atoms with Gasteiger partial charge in [0.2, 0.25) is 11.8 Å². The second-order valence-corrected chi connectivity index (χ2v) is 13.9. The molecule has 4 rings (SSSR count). The van der Waals surface area contributed by atoms with Crippen LogP contribution in [0.15, 0.2) is 18.2 Å². The van der Waals surface area contributed by atoms with Crippen LogP contribution in [0.5, 0.6) is 5.75 Å². The summed E-state index contributed by atoms with van der Waals surface area (Å²) in [4.78, 5) is 59.5. The van der Waals surface area contributed by atoms with Gasteiger partial charge in [-0.3, -0.25) is 14.4 Å². The van der Waals surface area contributed by atoms with Gasteiger partial charge in [0.25, 0.3) is 5.91 Å². The van der Waals surface area contributed by atoms with Gasteiger partial charge in [-0.1, -0.05) is 0 Å². The zero-order chi connectivity index (χ0) is 33.8. The van der Waals surface area contributed by atoms with Crippen molar-refractivity contribution in [2.75, 3.05) is 55.9 Å². The maximum Gasteiger partial charge on any atom is 0.410 e. The quantitative estimate of drug-likeness (QED) is 0.337. The molecule has 1 aromatic carbocycles. The van der Waals surface area contributed by atoms with Gasteiger partial charge in [0, 0.05) is 50.6 Å². The van der Waals surface area contributed by atoms with Crippen molar-refractivity contribution < 1.29 is 38.1 Å². The van der Waals surface area contributed by atoms with Crippen LogP contribution >= 0.6 is 0 Å². The van der Waals surface area contributed by atoms with Crippen LogP contribution in [0.4, 0.5) is 16.2 Å². The minimum absolute atomic E-state index is 0.0190. The Morgan fingerprint density at radius 3 is 2.39 bits per heavy atom. The topological polar surface area (TPSA) is 127 Å². The Balaban J connectivity index is 1.63. The SMILES string of the molecule is CCOCCN1C(=O)C(C)(C)Oc2ccc(N(C(=O)[C@@H]3C[C@H](C(=O)N[C@H](C)COCC)CN(C(=O)OC(C)(C)C)C3)C3CC3)cc21. The van der Waals surface area contributed by atoms with E-state index in [9.17, 15) is 19.2 Å². The van der Waals surface area contributed by atoms with Crippen LogP contribution in [0.25, 0.3) is 0 Å². The van der Waals surface area contributed by atoms with Crippen LogP contribution in [0, 0.1) is 11.8 Å². The molecule has 0 radical (unpaired) electrons. The summed E-state index contributed by atoms with van der Waals surface area (Å²) in [7, 11) is 0. The number of nitrogens with zero attached hydrogens (tertiary/aromatic N) is 3. The molecule has 1 aliphatic carbocycles. The molecular formula is C34H52N4O8. The first-order valence-corrected chi connectivity index (χ1v) is 16.6. The fourth-order valence-corrected chi connectivity index (χ4v) is 5.92. The molecule has 0 unspecified atom stereocenters. The molecule has 1 N–H and O–H groups in total. The molecule has 0 spiro atoms. The van der Waals surface area contributed by atoms with Crippen molar-refractivity contribution in [1.29, 1.82) is 0 Å². The van der Waals surface area contributed by atoms with E-state index >= 15 is 0 Å². The highest BCUT2D eigenvalue weighted by Crippen LogP contribution is 2.43. The van der Waals surface area contributed by atoms with Crippen LogP contribution in [-0.2, 0) is 28.6 Å². The molecule has 12 heteroatoms. The number of nitrogens with one attached hydrogen (secondary N) is 1. The van der Waals surface area contributed by atoms with Gasteiger partial charge in [-0.05, 0) is 92.9 Å². The average molecular weight is 645 g/mol. The Morgan fingerprint density at radius 2 is 1.76 bits per heavy atom. The molecule has 1 saturated heterocycles. The third kappa shape index (κ3) is 8.70. The van der Waals surface area contributed by atoms with Gasteiger partial charge < -0.3 is 39.0 Å². The number of anilines is 2. The lowest BCUT2D eigenvalue weighted by Crippen LogP contribution is -2.54. The lowest BCUT2D eigenvalue weighted by molar-refractivity contribution is -0.133. The maximum atomic E-state index is 14.5. The number of piperidine rings is 1. The highest BCUT2D eigenvalue weighted by Gasteiger charge is 2.45. The number of carbonyl (C=O) groups is 4.